The number of rotatable bonds is 7. The Morgan fingerprint density at radius 2 is 1.76 bits per heavy atom. The smallest absolute Gasteiger partial charge is 0.338 e. The first-order chi connectivity index (χ1) is 16.4. The lowest BCUT2D eigenvalue weighted by molar-refractivity contribution is 0.0526. The Morgan fingerprint density at radius 1 is 1.09 bits per heavy atom. The SMILES string of the molecule is CCOC(=O)c1ccc(Cn2c(C(=O)NC3CCCCC3)c(N)c3ccc(C(=N)N)cc32)cc1. The van der Waals surface area contributed by atoms with E-state index in [0.717, 1.165) is 42.1 Å². The van der Waals surface area contributed by atoms with Crippen molar-refractivity contribution in [1.29, 1.82) is 5.41 Å². The Bertz CT molecular complexity index is 1220. The molecule has 34 heavy (non-hydrogen) atoms. The fourth-order valence-electron chi connectivity index (χ4n) is 4.60. The van der Waals surface area contributed by atoms with Gasteiger partial charge in [0.15, 0.2) is 0 Å². The van der Waals surface area contributed by atoms with Crippen molar-refractivity contribution in [3.05, 3.63) is 64.8 Å². The third kappa shape index (κ3) is 4.76. The Morgan fingerprint density at radius 3 is 2.41 bits per heavy atom. The number of esters is 1. The first kappa shape index (κ1) is 23.4. The van der Waals surface area contributed by atoms with Crippen molar-refractivity contribution >= 4 is 34.3 Å². The average Bonchev–Trinajstić information content (AvgIpc) is 3.11. The summed E-state index contributed by atoms with van der Waals surface area (Å²) >= 11 is 0. The van der Waals surface area contributed by atoms with Crippen LogP contribution in [0.15, 0.2) is 42.5 Å². The molecular weight excluding hydrogens is 430 g/mol. The lowest BCUT2D eigenvalue weighted by Gasteiger charge is -2.23. The van der Waals surface area contributed by atoms with E-state index in [9.17, 15) is 9.59 Å². The molecule has 1 aliphatic carbocycles. The molecule has 0 spiro atoms. The van der Waals surface area contributed by atoms with Gasteiger partial charge in [-0.1, -0.05) is 37.5 Å². The number of ether oxygens (including phenoxy) is 1. The number of hydrogen-bond acceptors (Lipinski definition) is 5. The Labute approximate surface area is 198 Å². The minimum Gasteiger partial charge on any atom is -0.462 e. The van der Waals surface area contributed by atoms with Crippen molar-refractivity contribution in [3.63, 3.8) is 0 Å². The van der Waals surface area contributed by atoms with Crippen LogP contribution in [0.2, 0.25) is 0 Å². The van der Waals surface area contributed by atoms with Crippen LogP contribution < -0.4 is 16.8 Å². The number of aromatic nitrogens is 1. The molecule has 4 rings (SSSR count). The van der Waals surface area contributed by atoms with Gasteiger partial charge in [0.25, 0.3) is 5.91 Å². The number of fused-ring (bicyclic) bond motifs is 1. The molecule has 0 unspecified atom stereocenters. The standard InChI is InChI=1S/C26H31N5O3/c1-2-34-26(33)17-10-8-16(9-11-17)15-31-21-14-18(24(28)29)12-13-20(21)22(27)23(31)25(32)30-19-6-4-3-5-7-19/h8-14,19H,2-7,15,27H2,1H3,(H3,28,29)(H,30,32). The van der Waals surface area contributed by atoms with Crippen LogP contribution >= 0.6 is 0 Å². The van der Waals surface area contributed by atoms with Gasteiger partial charge in [0.2, 0.25) is 0 Å². The molecule has 0 atom stereocenters. The number of nitrogens with two attached hydrogens (primary N) is 2. The summed E-state index contributed by atoms with van der Waals surface area (Å²) in [7, 11) is 0. The van der Waals surface area contributed by atoms with E-state index in [-0.39, 0.29) is 23.8 Å². The normalized spacial score (nSPS) is 14.1. The summed E-state index contributed by atoms with van der Waals surface area (Å²) in [5.74, 6) is -0.628. The molecule has 8 heteroatoms. The monoisotopic (exact) mass is 461 g/mol. The van der Waals surface area contributed by atoms with E-state index in [2.05, 4.69) is 5.32 Å². The third-order valence-corrected chi connectivity index (χ3v) is 6.38. The number of nitrogen functional groups attached to an aromatic ring is 2. The molecule has 8 nitrogen and oxygen atoms in total. The molecular formula is C26H31N5O3. The van der Waals surface area contributed by atoms with Crippen LogP contribution in [0.1, 0.15) is 71.0 Å². The van der Waals surface area contributed by atoms with Crippen LogP contribution in [-0.4, -0.2) is 34.9 Å². The summed E-state index contributed by atoms with van der Waals surface area (Å²) < 4.78 is 6.93. The molecule has 3 aromatic rings. The maximum Gasteiger partial charge on any atom is 0.338 e. The number of hydrogen-bond donors (Lipinski definition) is 4. The molecule has 0 saturated heterocycles. The van der Waals surface area contributed by atoms with Crippen LogP contribution in [0.25, 0.3) is 10.9 Å². The number of amides is 1. The van der Waals surface area contributed by atoms with Gasteiger partial charge in [0.05, 0.1) is 23.4 Å². The number of amidine groups is 1. The molecule has 178 valence electrons. The minimum atomic E-state index is -0.372. The van der Waals surface area contributed by atoms with Crippen molar-refractivity contribution in [2.24, 2.45) is 5.73 Å². The van der Waals surface area contributed by atoms with Gasteiger partial charge in [-0.3, -0.25) is 10.2 Å². The molecule has 1 aromatic heterocycles. The fraction of sp³-hybridized carbons (Fsp3) is 0.346. The second-order valence-corrected chi connectivity index (χ2v) is 8.72. The highest BCUT2D eigenvalue weighted by Crippen LogP contribution is 2.31. The molecule has 1 saturated carbocycles. The average molecular weight is 462 g/mol. The van der Waals surface area contributed by atoms with Crippen LogP contribution in [0.3, 0.4) is 0 Å². The summed E-state index contributed by atoms with van der Waals surface area (Å²) in [6, 6.07) is 12.6. The zero-order valence-corrected chi connectivity index (χ0v) is 19.4. The lowest BCUT2D eigenvalue weighted by atomic mass is 9.95. The highest BCUT2D eigenvalue weighted by atomic mass is 16.5. The van der Waals surface area contributed by atoms with Crippen LogP contribution in [-0.2, 0) is 11.3 Å². The summed E-state index contributed by atoms with van der Waals surface area (Å²) in [6.07, 6.45) is 5.35. The van der Waals surface area contributed by atoms with Crippen molar-refractivity contribution in [2.45, 2.75) is 51.6 Å². The van der Waals surface area contributed by atoms with Gasteiger partial charge < -0.3 is 26.1 Å². The highest BCUT2D eigenvalue weighted by Gasteiger charge is 2.25. The molecule has 0 radical (unpaired) electrons. The topological polar surface area (TPSA) is 136 Å². The fourth-order valence-corrected chi connectivity index (χ4v) is 4.60. The van der Waals surface area contributed by atoms with Crippen molar-refractivity contribution in [3.8, 4) is 0 Å². The molecule has 1 aliphatic rings. The Kier molecular flexibility index (Phi) is 6.86. The van der Waals surface area contributed by atoms with Gasteiger partial charge in [-0.25, -0.2) is 4.79 Å². The highest BCUT2D eigenvalue weighted by molar-refractivity contribution is 6.09. The van der Waals surface area contributed by atoms with E-state index in [0.29, 0.717) is 35.7 Å². The Hall–Kier alpha value is -3.81. The predicted molar refractivity (Wildman–Crippen MR) is 133 cm³/mol. The maximum atomic E-state index is 13.4. The third-order valence-electron chi connectivity index (χ3n) is 6.38. The van der Waals surface area contributed by atoms with Crippen LogP contribution in [0.4, 0.5) is 5.69 Å². The maximum absolute atomic E-state index is 13.4. The van der Waals surface area contributed by atoms with Gasteiger partial charge in [-0.2, -0.15) is 0 Å². The van der Waals surface area contributed by atoms with Gasteiger partial charge in [-0.15, -0.1) is 0 Å². The number of nitrogens with one attached hydrogen (secondary N) is 2. The second-order valence-electron chi connectivity index (χ2n) is 8.72. The van der Waals surface area contributed by atoms with Gasteiger partial charge in [-0.05, 0) is 49.6 Å². The zero-order chi connectivity index (χ0) is 24.2. The first-order valence-corrected chi connectivity index (χ1v) is 11.7. The number of carbonyl (C=O) groups is 2. The molecule has 1 fully saturated rings. The van der Waals surface area contributed by atoms with E-state index in [1.165, 1.54) is 6.42 Å². The summed E-state index contributed by atoms with van der Waals surface area (Å²) in [6.45, 7) is 2.45. The number of benzene rings is 2. The van der Waals surface area contributed by atoms with Crippen molar-refractivity contribution < 1.29 is 14.3 Å². The molecule has 1 heterocycles. The lowest BCUT2D eigenvalue weighted by Crippen LogP contribution is -2.37. The minimum absolute atomic E-state index is 0.0554. The molecule has 2 aromatic carbocycles. The molecule has 6 N–H and O–H groups in total. The van der Waals surface area contributed by atoms with E-state index in [1.54, 1.807) is 37.3 Å². The molecule has 1 amide bonds. The van der Waals surface area contributed by atoms with E-state index in [1.807, 2.05) is 16.7 Å². The van der Waals surface area contributed by atoms with Crippen LogP contribution in [0.5, 0.6) is 0 Å². The van der Waals surface area contributed by atoms with Gasteiger partial charge in [0, 0.05) is 23.5 Å². The van der Waals surface area contributed by atoms with E-state index in [4.69, 9.17) is 21.6 Å². The summed E-state index contributed by atoms with van der Waals surface area (Å²) in [5, 5.41) is 11.7. The van der Waals surface area contributed by atoms with E-state index >= 15 is 0 Å². The molecule has 0 aliphatic heterocycles. The Balaban J connectivity index is 1.73. The number of carbonyl (C=O) groups excluding carboxylic acids is 2. The molecule has 0 bridgehead atoms. The van der Waals surface area contributed by atoms with Crippen molar-refractivity contribution in [2.75, 3.05) is 12.3 Å². The first-order valence-electron chi connectivity index (χ1n) is 11.7. The number of anilines is 1. The van der Waals surface area contributed by atoms with E-state index < -0.39 is 0 Å². The quantitative estimate of drug-likeness (QED) is 0.241. The zero-order valence-electron chi connectivity index (χ0n) is 19.4. The van der Waals surface area contributed by atoms with Crippen molar-refractivity contribution in [1.82, 2.24) is 9.88 Å². The predicted octanol–water partition coefficient (Wildman–Crippen LogP) is 3.80. The number of nitrogens with zero attached hydrogens (tertiary/aromatic N) is 1. The largest absolute Gasteiger partial charge is 0.462 e. The van der Waals surface area contributed by atoms with Crippen LogP contribution in [0, 0.1) is 5.41 Å². The van der Waals surface area contributed by atoms with Gasteiger partial charge >= 0.3 is 5.97 Å². The summed E-state index contributed by atoms with van der Waals surface area (Å²) in [5.41, 5.74) is 15.7. The summed E-state index contributed by atoms with van der Waals surface area (Å²) in [4.78, 5) is 25.4. The van der Waals surface area contributed by atoms with Gasteiger partial charge in [0.1, 0.15) is 11.5 Å². The second kappa shape index (κ2) is 9.99.